The molecule has 0 aliphatic heterocycles. The lowest BCUT2D eigenvalue weighted by Crippen LogP contribution is -2.40. The van der Waals surface area contributed by atoms with Crippen LogP contribution in [0.1, 0.15) is 65.2 Å². The van der Waals surface area contributed by atoms with Crippen molar-refractivity contribution in [3.8, 4) is 0 Å². The van der Waals surface area contributed by atoms with E-state index in [2.05, 4.69) is 26.2 Å². The topological polar surface area (TPSA) is 21.3 Å². The first-order chi connectivity index (χ1) is 8.24. The molecule has 0 aromatic carbocycles. The van der Waals surface area contributed by atoms with Crippen molar-refractivity contribution in [1.29, 1.82) is 0 Å². The Labute approximate surface area is 108 Å². The Bertz CT molecular complexity index is 182. The van der Waals surface area contributed by atoms with Gasteiger partial charge in [-0.2, -0.15) is 0 Å². The fourth-order valence-corrected chi connectivity index (χ4v) is 2.71. The number of ether oxygens (including phenoxy) is 1. The maximum Gasteiger partial charge on any atom is 0.0727 e. The summed E-state index contributed by atoms with van der Waals surface area (Å²) in [6, 6.07) is 0.578. The summed E-state index contributed by atoms with van der Waals surface area (Å²) in [7, 11) is 2.08. The summed E-state index contributed by atoms with van der Waals surface area (Å²) in [5.74, 6) is 0.802. The van der Waals surface area contributed by atoms with Gasteiger partial charge in [-0.05, 0) is 38.6 Å². The van der Waals surface area contributed by atoms with E-state index in [1.165, 1.54) is 51.4 Å². The Balaban J connectivity index is 2.25. The highest BCUT2D eigenvalue weighted by Crippen LogP contribution is 2.20. The molecule has 2 unspecified atom stereocenters. The molecular weight excluding hydrogens is 210 g/mol. The van der Waals surface area contributed by atoms with Crippen molar-refractivity contribution in [1.82, 2.24) is 5.32 Å². The van der Waals surface area contributed by atoms with Gasteiger partial charge >= 0.3 is 0 Å². The van der Waals surface area contributed by atoms with Gasteiger partial charge in [-0.25, -0.2) is 0 Å². The molecular formula is C15H31NO. The molecule has 2 atom stereocenters. The van der Waals surface area contributed by atoms with Crippen LogP contribution in [-0.4, -0.2) is 25.8 Å². The highest BCUT2D eigenvalue weighted by molar-refractivity contribution is 4.78. The van der Waals surface area contributed by atoms with E-state index in [-0.39, 0.29) is 0 Å². The van der Waals surface area contributed by atoms with Crippen molar-refractivity contribution in [2.45, 2.75) is 77.4 Å². The molecule has 2 nitrogen and oxygen atoms in total. The molecule has 2 heteroatoms. The Morgan fingerprint density at radius 3 is 2.47 bits per heavy atom. The first-order valence-electron chi connectivity index (χ1n) is 7.53. The Morgan fingerprint density at radius 1 is 1.12 bits per heavy atom. The molecule has 0 bridgehead atoms. The van der Waals surface area contributed by atoms with Crippen molar-refractivity contribution in [3.05, 3.63) is 0 Å². The Hall–Kier alpha value is -0.0800. The van der Waals surface area contributed by atoms with Crippen LogP contribution >= 0.6 is 0 Å². The van der Waals surface area contributed by atoms with Crippen LogP contribution in [0, 0.1) is 5.92 Å². The second-order valence-corrected chi connectivity index (χ2v) is 5.83. The maximum absolute atomic E-state index is 6.11. The van der Waals surface area contributed by atoms with E-state index in [9.17, 15) is 0 Å². The fourth-order valence-electron chi connectivity index (χ4n) is 2.71. The molecule has 1 aliphatic rings. The minimum absolute atomic E-state index is 0.451. The van der Waals surface area contributed by atoms with Gasteiger partial charge in [0.05, 0.1) is 6.10 Å². The van der Waals surface area contributed by atoms with E-state index < -0.39 is 0 Å². The summed E-state index contributed by atoms with van der Waals surface area (Å²) in [4.78, 5) is 0. The molecule has 102 valence electrons. The zero-order chi connectivity index (χ0) is 12.5. The molecule has 0 amide bonds. The molecule has 0 aromatic heterocycles. The summed E-state index contributed by atoms with van der Waals surface area (Å²) in [5.41, 5.74) is 0. The monoisotopic (exact) mass is 241 g/mol. The van der Waals surface area contributed by atoms with Gasteiger partial charge in [0.15, 0.2) is 0 Å². The quantitative estimate of drug-likeness (QED) is 0.715. The normalized spacial score (nSPS) is 26.8. The summed E-state index contributed by atoms with van der Waals surface area (Å²) in [6.45, 7) is 5.51. The van der Waals surface area contributed by atoms with Crippen LogP contribution in [0.15, 0.2) is 0 Å². The van der Waals surface area contributed by atoms with Gasteiger partial charge < -0.3 is 10.1 Å². The van der Waals surface area contributed by atoms with Gasteiger partial charge in [-0.15, -0.1) is 0 Å². The average molecular weight is 241 g/mol. The van der Waals surface area contributed by atoms with E-state index in [0.717, 1.165) is 12.5 Å². The first-order valence-corrected chi connectivity index (χ1v) is 7.53. The van der Waals surface area contributed by atoms with Crippen LogP contribution in [0.4, 0.5) is 0 Å². The number of hydrogen-bond donors (Lipinski definition) is 1. The highest BCUT2D eigenvalue weighted by Gasteiger charge is 2.21. The molecule has 1 saturated carbocycles. The molecule has 17 heavy (non-hydrogen) atoms. The number of nitrogens with one attached hydrogen (secondary N) is 1. The largest absolute Gasteiger partial charge is 0.377 e. The van der Waals surface area contributed by atoms with Gasteiger partial charge in [0.2, 0.25) is 0 Å². The third-order valence-electron chi connectivity index (χ3n) is 3.83. The molecule has 1 rings (SSSR count). The number of rotatable bonds is 6. The SMILES string of the molecule is CNC1CCCCCCC1OCCCC(C)C. The van der Waals surface area contributed by atoms with Crippen molar-refractivity contribution in [3.63, 3.8) is 0 Å². The molecule has 0 saturated heterocycles. The molecule has 1 aliphatic carbocycles. The van der Waals surface area contributed by atoms with Gasteiger partial charge in [0.25, 0.3) is 0 Å². The standard InChI is InChI=1S/C15H31NO/c1-13(2)9-8-12-17-15-11-7-5-4-6-10-14(15)16-3/h13-16H,4-12H2,1-3H3. The van der Waals surface area contributed by atoms with Crippen molar-refractivity contribution < 1.29 is 4.74 Å². The number of hydrogen-bond acceptors (Lipinski definition) is 2. The summed E-state index contributed by atoms with van der Waals surface area (Å²) in [5, 5.41) is 3.45. The molecule has 1 fully saturated rings. The molecule has 0 heterocycles. The molecule has 0 spiro atoms. The fraction of sp³-hybridized carbons (Fsp3) is 1.00. The van der Waals surface area contributed by atoms with E-state index in [1.54, 1.807) is 0 Å². The van der Waals surface area contributed by atoms with Crippen LogP contribution in [-0.2, 0) is 4.74 Å². The predicted octanol–water partition coefficient (Wildman–Crippen LogP) is 3.75. The lowest BCUT2D eigenvalue weighted by molar-refractivity contribution is 0.0125. The predicted molar refractivity (Wildman–Crippen MR) is 74.4 cm³/mol. The molecule has 1 N–H and O–H groups in total. The third kappa shape index (κ3) is 6.42. The summed E-state index contributed by atoms with van der Waals surface area (Å²) < 4.78 is 6.11. The van der Waals surface area contributed by atoms with Crippen molar-refractivity contribution in [2.75, 3.05) is 13.7 Å². The molecule has 0 aromatic rings. The van der Waals surface area contributed by atoms with E-state index in [4.69, 9.17) is 4.74 Å². The van der Waals surface area contributed by atoms with Crippen LogP contribution in [0.25, 0.3) is 0 Å². The maximum atomic E-state index is 6.11. The number of likely N-dealkylation sites (N-methyl/N-ethyl adjacent to an activating group) is 1. The van der Waals surface area contributed by atoms with E-state index >= 15 is 0 Å². The summed E-state index contributed by atoms with van der Waals surface area (Å²) >= 11 is 0. The van der Waals surface area contributed by atoms with E-state index in [1.807, 2.05) is 0 Å². The summed E-state index contributed by atoms with van der Waals surface area (Å²) in [6.07, 6.45) is 11.0. The van der Waals surface area contributed by atoms with Crippen molar-refractivity contribution in [2.24, 2.45) is 5.92 Å². The first kappa shape index (κ1) is 15.0. The van der Waals surface area contributed by atoms with Crippen LogP contribution in [0.2, 0.25) is 0 Å². The zero-order valence-electron chi connectivity index (χ0n) is 12.0. The average Bonchev–Trinajstić information content (AvgIpc) is 2.26. The van der Waals surface area contributed by atoms with Crippen LogP contribution in [0.3, 0.4) is 0 Å². The highest BCUT2D eigenvalue weighted by atomic mass is 16.5. The minimum atomic E-state index is 0.451. The van der Waals surface area contributed by atoms with Gasteiger partial charge in [-0.3, -0.25) is 0 Å². The van der Waals surface area contributed by atoms with Gasteiger partial charge in [-0.1, -0.05) is 39.5 Å². The van der Waals surface area contributed by atoms with Gasteiger partial charge in [0.1, 0.15) is 0 Å². The zero-order valence-corrected chi connectivity index (χ0v) is 12.0. The third-order valence-corrected chi connectivity index (χ3v) is 3.83. The van der Waals surface area contributed by atoms with Gasteiger partial charge in [0, 0.05) is 12.6 Å². The lowest BCUT2D eigenvalue weighted by Gasteiger charge is -2.29. The molecule has 0 radical (unpaired) electrons. The van der Waals surface area contributed by atoms with E-state index in [0.29, 0.717) is 12.1 Å². The smallest absolute Gasteiger partial charge is 0.0727 e. The van der Waals surface area contributed by atoms with Crippen LogP contribution in [0.5, 0.6) is 0 Å². The van der Waals surface area contributed by atoms with Crippen LogP contribution < -0.4 is 5.32 Å². The minimum Gasteiger partial charge on any atom is -0.377 e. The second kappa shape index (κ2) is 8.93. The van der Waals surface area contributed by atoms with Crippen molar-refractivity contribution >= 4 is 0 Å². The second-order valence-electron chi connectivity index (χ2n) is 5.83. The Morgan fingerprint density at radius 2 is 1.82 bits per heavy atom. The Kier molecular flexibility index (Phi) is 7.87. The lowest BCUT2D eigenvalue weighted by atomic mass is 9.94.